The number of tetrazole rings is 1. The second-order valence-electron chi connectivity index (χ2n) is 5.17. The molecule has 2 rings (SSSR count). The van der Waals surface area contributed by atoms with Gasteiger partial charge in [0, 0.05) is 11.7 Å². The second-order valence-corrected chi connectivity index (χ2v) is 5.17. The molecule has 1 aromatic heterocycles. The minimum atomic E-state index is 0.559. The fraction of sp³-hybridized carbons (Fsp3) is 0.533. The summed E-state index contributed by atoms with van der Waals surface area (Å²) in [7, 11) is 0. The topological polar surface area (TPSA) is 55.6 Å². The molecule has 20 heavy (non-hydrogen) atoms. The van der Waals surface area contributed by atoms with E-state index in [9.17, 15) is 0 Å². The smallest absolute Gasteiger partial charge is 0.143 e. The number of rotatable bonds is 7. The lowest BCUT2D eigenvalue weighted by atomic mass is 10.1. The molecule has 108 valence electrons. The van der Waals surface area contributed by atoms with Crippen LogP contribution in [0.3, 0.4) is 0 Å². The predicted molar refractivity (Wildman–Crippen MR) is 81.1 cm³/mol. The lowest BCUT2D eigenvalue weighted by molar-refractivity contribution is 0.586. The second kappa shape index (κ2) is 7.03. The van der Waals surface area contributed by atoms with E-state index in [2.05, 4.69) is 59.8 Å². The normalized spacial score (nSPS) is 11.0. The van der Waals surface area contributed by atoms with Crippen LogP contribution in [-0.4, -0.2) is 26.2 Å². The van der Waals surface area contributed by atoms with Gasteiger partial charge >= 0.3 is 0 Å². The van der Waals surface area contributed by atoms with Gasteiger partial charge in [-0.2, -0.15) is 0 Å². The van der Waals surface area contributed by atoms with Crippen LogP contribution in [0.1, 0.15) is 45.1 Å². The third kappa shape index (κ3) is 3.56. The Labute approximate surface area is 120 Å². The summed E-state index contributed by atoms with van der Waals surface area (Å²) in [4.78, 5) is 0. The van der Waals surface area contributed by atoms with Crippen molar-refractivity contribution in [1.82, 2.24) is 20.2 Å². The Morgan fingerprint density at radius 2 is 1.95 bits per heavy atom. The summed E-state index contributed by atoms with van der Waals surface area (Å²) in [6.45, 7) is 6.55. The first-order chi connectivity index (χ1) is 9.74. The lowest BCUT2D eigenvalue weighted by Gasteiger charge is -2.19. The van der Waals surface area contributed by atoms with Crippen molar-refractivity contribution in [2.24, 2.45) is 0 Å². The number of aromatic nitrogens is 4. The minimum absolute atomic E-state index is 0.559. The van der Waals surface area contributed by atoms with Gasteiger partial charge in [0.25, 0.3) is 0 Å². The van der Waals surface area contributed by atoms with Gasteiger partial charge in [0.15, 0.2) is 0 Å². The number of benzene rings is 1. The molecule has 0 aliphatic heterocycles. The van der Waals surface area contributed by atoms with Crippen LogP contribution in [-0.2, 0) is 0 Å². The van der Waals surface area contributed by atoms with Crippen LogP contribution >= 0.6 is 0 Å². The van der Waals surface area contributed by atoms with E-state index in [0.717, 1.165) is 11.3 Å². The van der Waals surface area contributed by atoms with Crippen molar-refractivity contribution < 1.29 is 0 Å². The van der Waals surface area contributed by atoms with Crippen LogP contribution in [0.5, 0.6) is 0 Å². The van der Waals surface area contributed by atoms with Gasteiger partial charge in [-0.1, -0.05) is 26.7 Å². The van der Waals surface area contributed by atoms with Crippen molar-refractivity contribution in [3.8, 4) is 5.69 Å². The van der Waals surface area contributed by atoms with E-state index in [1.54, 1.807) is 11.0 Å². The maximum Gasteiger partial charge on any atom is 0.143 e. The number of nitrogens with zero attached hydrogens (tertiary/aromatic N) is 4. The number of anilines is 1. The zero-order valence-corrected chi connectivity index (χ0v) is 12.5. The first-order valence-electron chi connectivity index (χ1n) is 7.35. The first kappa shape index (κ1) is 14.5. The van der Waals surface area contributed by atoms with Gasteiger partial charge in [0.2, 0.25) is 0 Å². The van der Waals surface area contributed by atoms with Crippen molar-refractivity contribution in [3.63, 3.8) is 0 Å². The molecule has 0 saturated carbocycles. The molecule has 0 amide bonds. The van der Waals surface area contributed by atoms with E-state index in [1.165, 1.54) is 31.4 Å². The third-order valence-corrected chi connectivity index (χ3v) is 3.44. The zero-order chi connectivity index (χ0) is 14.4. The van der Waals surface area contributed by atoms with Crippen LogP contribution in [0, 0.1) is 6.92 Å². The summed E-state index contributed by atoms with van der Waals surface area (Å²) >= 11 is 0. The van der Waals surface area contributed by atoms with Gasteiger partial charge in [-0.05, 0) is 54.0 Å². The molecule has 0 spiro atoms. The molecule has 2 aromatic rings. The van der Waals surface area contributed by atoms with E-state index in [0.29, 0.717) is 6.04 Å². The van der Waals surface area contributed by atoms with Gasteiger partial charge in [-0.25, -0.2) is 4.68 Å². The molecule has 0 atom stereocenters. The average molecular weight is 273 g/mol. The van der Waals surface area contributed by atoms with E-state index in [1.807, 2.05) is 0 Å². The van der Waals surface area contributed by atoms with E-state index in [4.69, 9.17) is 0 Å². The van der Waals surface area contributed by atoms with Crippen LogP contribution in [0.2, 0.25) is 0 Å². The molecular weight excluding hydrogens is 250 g/mol. The summed E-state index contributed by atoms with van der Waals surface area (Å²) in [5, 5.41) is 14.9. The summed E-state index contributed by atoms with van der Waals surface area (Å²) in [5.74, 6) is 0. The Balaban J connectivity index is 2.12. The highest BCUT2D eigenvalue weighted by Crippen LogP contribution is 2.20. The van der Waals surface area contributed by atoms with Gasteiger partial charge < -0.3 is 5.32 Å². The van der Waals surface area contributed by atoms with Crippen molar-refractivity contribution in [2.75, 3.05) is 5.32 Å². The number of nitrogens with one attached hydrogen (secondary N) is 1. The Kier molecular flexibility index (Phi) is 5.09. The fourth-order valence-electron chi connectivity index (χ4n) is 2.50. The Morgan fingerprint density at radius 1 is 1.20 bits per heavy atom. The quantitative estimate of drug-likeness (QED) is 0.840. The highest BCUT2D eigenvalue weighted by Gasteiger charge is 2.08. The van der Waals surface area contributed by atoms with Crippen LogP contribution < -0.4 is 5.32 Å². The molecular formula is C15H23N5. The maximum absolute atomic E-state index is 3.93. The SMILES string of the molecule is CCCC(CCC)Nc1ccc(-n2cnnn2)c(C)c1. The fourth-order valence-corrected chi connectivity index (χ4v) is 2.50. The van der Waals surface area contributed by atoms with Crippen LogP contribution in [0.25, 0.3) is 5.69 Å². The summed E-state index contributed by atoms with van der Waals surface area (Å²) < 4.78 is 1.69. The monoisotopic (exact) mass is 273 g/mol. The van der Waals surface area contributed by atoms with Gasteiger partial charge in [0.1, 0.15) is 6.33 Å². The maximum atomic E-state index is 3.93. The molecule has 0 radical (unpaired) electrons. The van der Waals surface area contributed by atoms with Crippen molar-refractivity contribution in [3.05, 3.63) is 30.1 Å². The molecule has 1 aromatic carbocycles. The van der Waals surface area contributed by atoms with E-state index in [-0.39, 0.29) is 0 Å². The van der Waals surface area contributed by atoms with Crippen molar-refractivity contribution in [1.29, 1.82) is 0 Å². The molecule has 0 saturated heterocycles. The predicted octanol–water partition coefficient (Wildman–Crippen LogP) is 3.35. The third-order valence-electron chi connectivity index (χ3n) is 3.44. The number of aryl methyl sites for hydroxylation is 1. The largest absolute Gasteiger partial charge is 0.382 e. The summed E-state index contributed by atoms with van der Waals surface area (Å²) in [6, 6.07) is 6.88. The first-order valence-corrected chi connectivity index (χ1v) is 7.35. The average Bonchev–Trinajstić information content (AvgIpc) is 2.93. The molecule has 1 heterocycles. The van der Waals surface area contributed by atoms with Crippen LogP contribution in [0.4, 0.5) is 5.69 Å². The van der Waals surface area contributed by atoms with Crippen molar-refractivity contribution in [2.45, 2.75) is 52.5 Å². The van der Waals surface area contributed by atoms with Gasteiger partial charge in [-0.15, -0.1) is 5.10 Å². The molecule has 0 aliphatic carbocycles. The molecule has 0 unspecified atom stereocenters. The lowest BCUT2D eigenvalue weighted by Crippen LogP contribution is -2.19. The molecule has 5 nitrogen and oxygen atoms in total. The number of hydrogen-bond donors (Lipinski definition) is 1. The highest BCUT2D eigenvalue weighted by atomic mass is 15.5. The van der Waals surface area contributed by atoms with Crippen LogP contribution in [0.15, 0.2) is 24.5 Å². The van der Waals surface area contributed by atoms with E-state index < -0.39 is 0 Å². The highest BCUT2D eigenvalue weighted by molar-refractivity contribution is 5.53. The number of hydrogen-bond acceptors (Lipinski definition) is 4. The standard InChI is InChI=1S/C15H23N5/c1-4-6-13(7-5-2)17-14-8-9-15(12(3)10-14)20-11-16-18-19-20/h8-11,13,17H,4-7H2,1-3H3. The Hall–Kier alpha value is -1.91. The molecule has 0 fully saturated rings. The summed E-state index contributed by atoms with van der Waals surface area (Å²) in [5.41, 5.74) is 3.35. The summed E-state index contributed by atoms with van der Waals surface area (Å²) in [6.07, 6.45) is 6.45. The molecule has 1 N–H and O–H groups in total. The van der Waals surface area contributed by atoms with Gasteiger partial charge in [-0.3, -0.25) is 0 Å². The van der Waals surface area contributed by atoms with Gasteiger partial charge in [0.05, 0.1) is 5.69 Å². The minimum Gasteiger partial charge on any atom is -0.382 e. The molecule has 0 bridgehead atoms. The Morgan fingerprint density at radius 3 is 2.50 bits per heavy atom. The van der Waals surface area contributed by atoms with E-state index >= 15 is 0 Å². The molecule has 0 aliphatic rings. The Bertz CT molecular complexity index is 515. The zero-order valence-electron chi connectivity index (χ0n) is 12.5. The van der Waals surface area contributed by atoms with Crippen molar-refractivity contribution >= 4 is 5.69 Å². The molecule has 5 heteroatoms.